The molecule has 9 heteroatoms. The third-order valence-corrected chi connectivity index (χ3v) is 6.39. The summed E-state index contributed by atoms with van der Waals surface area (Å²) in [6.07, 6.45) is 1.74. The summed E-state index contributed by atoms with van der Waals surface area (Å²) in [6.45, 7) is 6.09. The molecule has 0 saturated carbocycles. The second kappa shape index (κ2) is 11.0. The van der Waals surface area contributed by atoms with Crippen LogP contribution in [0, 0.1) is 5.41 Å². The van der Waals surface area contributed by atoms with Crippen LogP contribution in [0.2, 0.25) is 5.02 Å². The van der Waals surface area contributed by atoms with E-state index in [2.05, 4.69) is 0 Å². The summed E-state index contributed by atoms with van der Waals surface area (Å²) < 4.78 is 10.3. The molecular weight excluding hydrogens is 442 g/mol. The summed E-state index contributed by atoms with van der Waals surface area (Å²) in [7, 11) is 1.31. The maximum Gasteiger partial charge on any atom is 0.328 e. The second-order valence-electron chi connectivity index (χ2n) is 8.22. The predicted octanol–water partition coefficient (Wildman–Crippen LogP) is 3.92. The molecule has 1 unspecified atom stereocenters. The van der Waals surface area contributed by atoms with Gasteiger partial charge in [-0.1, -0.05) is 29.8 Å². The lowest BCUT2D eigenvalue weighted by Crippen LogP contribution is -2.43. The zero-order valence-corrected chi connectivity index (χ0v) is 19.7. The van der Waals surface area contributed by atoms with Crippen LogP contribution in [-0.2, 0) is 23.9 Å². The second-order valence-corrected chi connectivity index (χ2v) is 9.76. The van der Waals surface area contributed by atoms with Gasteiger partial charge < -0.3 is 14.6 Å². The highest BCUT2D eigenvalue weighted by Crippen LogP contribution is 2.35. The topological polar surface area (TPSA) is 93.1 Å². The summed E-state index contributed by atoms with van der Waals surface area (Å²) in [6, 6.07) is 6.28. The van der Waals surface area contributed by atoms with Gasteiger partial charge in [0, 0.05) is 29.4 Å². The minimum atomic E-state index is -1.07. The zero-order valence-electron chi connectivity index (χ0n) is 18.1. The quantitative estimate of drug-likeness (QED) is 0.365. The van der Waals surface area contributed by atoms with Crippen molar-refractivity contribution >= 4 is 41.3 Å². The molecule has 0 aliphatic carbocycles. The van der Waals surface area contributed by atoms with Gasteiger partial charge in [-0.05, 0) is 44.4 Å². The molecule has 0 radical (unpaired) electrons. The summed E-state index contributed by atoms with van der Waals surface area (Å²) >= 11 is 7.70. The Morgan fingerprint density at radius 1 is 1.32 bits per heavy atom. The van der Waals surface area contributed by atoms with E-state index in [4.69, 9.17) is 21.1 Å². The molecule has 31 heavy (non-hydrogen) atoms. The molecule has 1 fully saturated rings. The van der Waals surface area contributed by atoms with Crippen LogP contribution in [-0.4, -0.2) is 59.3 Å². The van der Waals surface area contributed by atoms with Crippen LogP contribution in [0.1, 0.15) is 38.8 Å². The summed E-state index contributed by atoms with van der Waals surface area (Å²) in [4.78, 5) is 37.9. The van der Waals surface area contributed by atoms with Gasteiger partial charge in [0.2, 0.25) is 0 Å². The Hall–Kier alpha value is -2.03. The molecule has 0 bridgehead atoms. The van der Waals surface area contributed by atoms with E-state index in [1.165, 1.54) is 18.9 Å². The Morgan fingerprint density at radius 3 is 2.58 bits per heavy atom. The average Bonchev–Trinajstić information content (AvgIpc) is 2.69. The first-order valence-corrected chi connectivity index (χ1v) is 11.3. The van der Waals surface area contributed by atoms with E-state index in [0.29, 0.717) is 29.1 Å². The first-order chi connectivity index (χ1) is 14.5. The number of esters is 2. The lowest BCUT2D eigenvalue weighted by Gasteiger charge is -2.38. The minimum Gasteiger partial charge on any atom is -0.478 e. The average molecular weight is 470 g/mol. The van der Waals surface area contributed by atoms with Crippen LogP contribution < -0.4 is 0 Å². The van der Waals surface area contributed by atoms with Crippen LogP contribution in [0.4, 0.5) is 0 Å². The Bertz CT molecular complexity index is 851. The Balaban J connectivity index is 2.19. The van der Waals surface area contributed by atoms with Gasteiger partial charge in [0.15, 0.2) is 0 Å². The maximum absolute atomic E-state index is 12.6. The zero-order chi connectivity index (χ0) is 23.2. The number of aliphatic carboxylic acids is 1. The van der Waals surface area contributed by atoms with Crippen LogP contribution in [0.25, 0.3) is 0 Å². The molecule has 1 N–H and O–H groups in total. The monoisotopic (exact) mass is 469 g/mol. The van der Waals surface area contributed by atoms with Crippen molar-refractivity contribution in [2.75, 3.05) is 26.1 Å². The third-order valence-electron chi connectivity index (χ3n) is 4.85. The fourth-order valence-corrected chi connectivity index (χ4v) is 4.47. The molecule has 0 aromatic heterocycles. The Kier molecular flexibility index (Phi) is 8.97. The fourth-order valence-electron chi connectivity index (χ4n) is 3.26. The van der Waals surface area contributed by atoms with Gasteiger partial charge in [0.05, 0.1) is 12.5 Å². The van der Waals surface area contributed by atoms with Crippen molar-refractivity contribution in [1.29, 1.82) is 0 Å². The van der Waals surface area contributed by atoms with Crippen molar-refractivity contribution in [3.63, 3.8) is 0 Å². The maximum atomic E-state index is 12.6. The van der Waals surface area contributed by atoms with E-state index in [1.54, 1.807) is 45.0 Å². The lowest BCUT2D eigenvalue weighted by atomic mass is 9.98. The molecule has 170 valence electrons. The van der Waals surface area contributed by atoms with Gasteiger partial charge in [-0.15, -0.1) is 11.8 Å². The molecule has 0 amide bonds. The van der Waals surface area contributed by atoms with E-state index in [1.807, 2.05) is 4.90 Å². The van der Waals surface area contributed by atoms with Crippen molar-refractivity contribution in [2.45, 2.75) is 38.5 Å². The SMILES string of the molecule is COC(=O)[C@H](c1ccccc1Cl)N1CCC(SCOC(=O)C(C)(C)C)/C(=C\C(=O)O)C1. The summed E-state index contributed by atoms with van der Waals surface area (Å²) in [5, 5.41) is 9.63. The molecule has 1 aliphatic heterocycles. The molecule has 1 aliphatic rings. The van der Waals surface area contributed by atoms with E-state index in [0.717, 1.165) is 6.08 Å². The van der Waals surface area contributed by atoms with Gasteiger partial charge in [-0.2, -0.15) is 0 Å². The van der Waals surface area contributed by atoms with Gasteiger partial charge in [-0.3, -0.25) is 9.69 Å². The number of carboxylic acid groups (broad SMARTS) is 1. The number of carboxylic acids is 1. The van der Waals surface area contributed by atoms with E-state index < -0.39 is 23.4 Å². The predicted molar refractivity (Wildman–Crippen MR) is 120 cm³/mol. The summed E-state index contributed by atoms with van der Waals surface area (Å²) in [5.41, 5.74) is 0.638. The summed E-state index contributed by atoms with van der Waals surface area (Å²) in [5.74, 6) is -1.72. The van der Waals surface area contributed by atoms with Gasteiger partial charge in [0.1, 0.15) is 12.0 Å². The van der Waals surface area contributed by atoms with E-state index in [-0.39, 0.29) is 23.7 Å². The molecule has 0 spiro atoms. The number of piperidine rings is 1. The molecule has 2 rings (SSSR count). The molecular formula is C22H28ClNO6S. The standard InChI is InChI=1S/C22H28ClNO6S/c1-22(2,3)21(28)30-13-31-17-9-10-24(12-14(17)11-18(25)26)19(20(27)29-4)15-7-5-6-8-16(15)23/h5-8,11,17,19H,9-10,12-13H2,1-4H3,(H,25,26)/b14-11-/t17?,19-/m0/s1. The highest BCUT2D eigenvalue weighted by molar-refractivity contribution is 7.99. The highest BCUT2D eigenvalue weighted by Gasteiger charge is 2.35. The molecule has 1 saturated heterocycles. The minimum absolute atomic E-state index is 0.128. The van der Waals surface area contributed by atoms with Crippen LogP contribution in [0.5, 0.6) is 0 Å². The molecule has 2 atom stereocenters. The van der Waals surface area contributed by atoms with Crippen molar-refractivity contribution in [1.82, 2.24) is 4.90 Å². The number of likely N-dealkylation sites (tertiary alicyclic amines) is 1. The fraction of sp³-hybridized carbons (Fsp3) is 0.500. The van der Waals surface area contributed by atoms with Crippen molar-refractivity contribution in [3.05, 3.63) is 46.5 Å². The normalized spacial score (nSPS) is 19.6. The van der Waals surface area contributed by atoms with Crippen LogP contribution in [0.3, 0.4) is 0 Å². The van der Waals surface area contributed by atoms with Crippen molar-refractivity contribution < 1.29 is 29.0 Å². The van der Waals surface area contributed by atoms with E-state index in [9.17, 15) is 19.5 Å². The van der Waals surface area contributed by atoms with Crippen LogP contribution in [0.15, 0.2) is 35.9 Å². The molecule has 1 aromatic rings. The molecule has 1 heterocycles. The highest BCUT2D eigenvalue weighted by atomic mass is 35.5. The first-order valence-electron chi connectivity index (χ1n) is 9.83. The number of methoxy groups -OCH3 is 1. The smallest absolute Gasteiger partial charge is 0.328 e. The number of benzene rings is 1. The number of thioether (sulfide) groups is 1. The Labute approximate surface area is 191 Å². The molecule has 1 aromatic carbocycles. The number of halogens is 1. The van der Waals surface area contributed by atoms with Gasteiger partial charge >= 0.3 is 17.9 Å². The first kappa shape index (κ1) is 25.2. The lowest BCUT2D eigenvalue weighted by molar-refractivity contribution is -0.150. The number of ether oxygens (including phenoxy) is 2. The van der Waals surface area contributed by atoms with Crippen LogP contribution >= 0.6 is 23.4 Å². The number of rotatable bonds is 7. The van der Waals surface area contributed by atoms with Gasteiger partial charge in [-0.25, -0.2) is 9.59 Å². The number of carbonyl (C=O) groups excluding carboxylic acids is 2. The Morgan fingerprint density at radius 2 is 2.00 bits per heavy atom. The van der Waals surface area contributed by atoms with Crippen molar-refractivity contribution in [3.8, 4) is 0 Å². The largest absolute Gasteiger partial charge is 0.478 e. The van der Waals surface area contributed by atoms with Gasteiger partial charge in [0.25, 0.3) is 0 Å². The molecule has 7 nitrogen and oxygen atoms in total. The number of carbonyl (C=O) groups is 3. The van der Waals surface area contributed by atoms with Crippen molar-refractivity contribution in [2.24, 2.45) is 5.41 Å². The number of nitrogens with zero attached hydrogens (tertiary/aromatic N) is 1. The van der Waals surface area contributed by atoms with E-state index >= 15 is 0 Å². The number of hydrogen-bond donors (Lipinski definition) is 1. The number of hydrogen-bond acceptors (Lipinski definition) is 7. The third kappa shape index (κ3) is 6.98.